The van der Waals surface area contributed by atoms with Crippen LogP contribution in [0.1, 0.15) is 12.5 Å². The molecule has 0 saturated heterocycles. The average molecular weight is 365 g/mol. The summed E-state index contributed by atoms with van der Waals surface area (Å²) in [5.41, 5.74) is 0.637. The molecule has 7 heteroatoms. The van der Waals surface area contributed by atoms with Crippen molar-refractivity contribution in [1.29, 1.82) is 0 Å². The molecular formula is C14H12BrF3O3. The molecule has 0 heterocycles. The number of allylic oxidation sites excluding steroid dienone is 2. The Bertz CT molecular complexity index is 533. The number of alkyl halides is 3. The first-order valence-corrected chi connectivity index (χ1v) is 6.68. The predicted octanol–water partition coefficient (Wildman–Crippen LogP) is 4.44. The van der Waals surface area contributed by atoms with Gasteiger partial charge in [0.05, 0.1) is 6.61 Å². The summed E-state index contributed by atoms with van der Waals surface area (Å²) < 4.78 is 45.1. The van der Waals surface area contributed by atoms with E-state index in [0.717, 1.165) is 0 Å². The quantitative estimate of drug-likeness (QED) is 0.440. The molecule has 114 valence electrons. The first-order valence-electron chi connectivity index (χ1n) is 5.88. The Morgan fingerprint density at radius 1 is 1.29 bits per heavy atom. The van der Waals surface area contributed by atoms with Crippen molar-refractivity contribution >= 4 is 26.4 Å². The highest BCUT2D eigenvalue weighted by molar-refractivity contribution is 9.15. The molecule has 0 amide bonds. The first kappa shape index (κ1) is 17.3. The zero-order valence-corrected chi connectivity index (χ0v) is 12.6. The molecule has 21 heavy (non-hydrogen) atoms. The molecule has 0 atom stereocenters. The van der Waals surface area contributed by atoms with Crippen LogP contribution in [-0.2, 0) is 9.53 Å². The van der Waals surface area contributed by atoms with Crippen LogP contribution in [0.3, 0.4) is 0 Å². The molecule has 0 aromatic heterocycles. The van der Waals surface area contributed by atoms with Gasteiger partial charge in [-0.3, -0.25) is 0 Å². The molecule has 3 nitrogen and oxygen atoms in total. The molecule has 0 aliphatic rings. The van der Waals surface area contributed by atoms with E-state index in [1.165, 1.54) is 36.4 Å². The SMILES string of the molecule is CCOC(=O)C=CC=C(Br)c1ccc(OC(F)(F)F)cc1. The van der Waals surface area contributed by atoms with Gasteiger partial charge in [-0.05, 0) is 30.7 Å². The Morgan fingerprint density at radius 2 is 1.90 bits per heavy atom. The van der Waals surface area contributed by atoms with Crippen molar-refractivity contribution in [2.45, 2.75) is 13.3 Å². The smallest absolute Gasteiger partial charge is 0.463 e. The van der Waals surface area contributed by atoms with Gasteiger partial charge in [0, 0.05) is 10.6 Å². The maximum absolute atomic E-state index is 12.0. The van der Waals surface area contributed by atoms with Crippen LogP contribution < -0.4 is 4.74 Å². The summed E-state index contributed by atoms with van der Waals surface area (Å²) in [6, 6.07) is 5.32. The van der Waals surface area contributed by atoms with Crippen LogP contribution in [0.4, 0.5) is 13.2 Å². The third-order valence-electron chi connectivity index (χ3n) is 2.13. The molecule has 0 aliphatic heterocycles. The number of ether oxygens (including phenoxy) is 2. The zero-order chi connectivity index (χ0) is 15.9. The summed E-state index contributed by atoms with van der Waals surface area (Å²) in [5.74, 6) is -0.767. The summed E-state index contributed by atoms with van der Waals surface area (Å²) in [7, 11) is 0. The number of carbonyl (C=O) groups is 1. The minimum Gasteiger partial charge on any atom is -0.463 e. The van der Waals surface area contributed by atoms with Crippen molar-refractivity contribution in [2.24, 2.45) is 0 Å². The van der Waals surface area contributed by atoms with Gasteiger partial charge >= 0.3 is 12.3 Å². The van der Waals surface area contributed by atoms with E-state index < -0.39 is 12.3 Å². The third-order valence-corrected chi connectivity index (χ3v) is 2.85. The second-order valence-electron chi connectivity index (χ2n) is 3.70. The van der Waals surface area contributed by atoms with Crippen molar-refractivity contribution in [2.75, 3.05) is 6.61 Å². The van der Waals surface area contributed by atoms with Gasteiger partial charge in [-0.2, -0.15) is 0 Å². The fourth-order valence-corrected chi connectivity index (χ4v) is 1.73. The molecule has 1 rings (SSSR count). The van der Waals surface area contributed by atoms with Crippen LogP contribution in [-0.4, -0.2) is 18.9 Å². The van der Waals surface area contributed by atoms with E-state index in [4.69, 9.17) is 4.74 Å². The fraction of sp³-hybridized carbons (Fsp3) is 0.214. The van der Waals surface area contributed by atoms with E-state index in [1.54, 1.807) is 13.0 Å². The number of hydrogen-bond acceptors (Lipinski definition) is 3. The number of esters is 1. The van der Waals surface area contributed by atoms with Crippen molar-refractivity contribution in [3.05, 3.63) is 48.1 Å². The molecule has 0 spiro atoms. The highest BCUT2D eigenvalue weighted by Gasteiger charge is 2.30. The van der Waals surface area contributed by atoms with Gasteiger partial charge in [-0.25, -0.2) is 4.79 Å². The van der Waals surface area contributed by atoms with Gasteiger partial charge in [0.2, 0.25) is 0 Å². The second-order valence-corrected chi connectivity index (χ2v) is 4.55. The molecule has 1 aromatic rings. The number of rotatable bonds is 5. The Morgan fingerprint density at radius 3 is 2.43 bits per heavy atom. The zero-order valence-electron chi connectivity index (χ0n) is 11.0. The molecule has 0 bridgehead atoms. The van der Waals surface area contributed by atoms with Gasteiger partial charge in [0.1, 0.15) is 5.75 Å². The standard InChI is InChI=1S/C14H12BrF3O3/c1-2-20-13(19)5-3-4-12(15)10-6-8-11(9-7-10)21-14(16,17)18/h3-9H,2H2,1H3. The predicted molar refractivity (Wildman–Crippen MR) is 75.8 cm³/mol. The summed E-state index contributed by atoms with van der Waals surface area (Å²) in [6.07, 6.45) is -0.415. The summed E-state index contributed by atoms with van der Waals surface area (Å²) in [4.78, 5) is 11.1. The molecule has 0 radical (unpaired) electrons. The molecule has 0 fully saturated rings. The molecular weight excluding hydrogens is 353 g/mol. The van der Waals surface area contributed by atoms with Crippen LogP contribution in [0.15, 0.2) is 42.5 Å². The number of carbonyl (C=O) groups excluding carboxylic acids is 1. The number of hydrogen-bond donors (Lipinski definition) is 0. The molecule has 0 N–H and O–H groups in total. The minimum atomic E-state index is -4.71. The van der Waals surface area contributed by atoms with E-state index >= 15 is 0 Å². The maximum atomic E-state index is 12.0. The van der Waals surface area contributed by atoms with Crippen LogP contribution in [0, 0.1) is 0 Å². The van der Waals surface area contributed by atoms with Gasteiger partial charge in [0.15, 0.2) is 0 Å². The monoisotopic (exact) mass is 364 g/mol. The van der Waals surface area contributed by atoms with Crippen LogP contribution in [0.2, 0.25) is 0 Å². The lowest BCUT2D eigenvalue weighted by Crippen LogP contribution is -2.16. The summed E-state index contributed by atoms with van der Waals surface area (Å²) in [5, 5.41) is 0. The van der Waals surface area contributed by atoms with Crippen molar-refractivity contribution in [1.82, 2.24) is 0 Å². The highest BCUT2D eigenvalue weighted by atomic mass is 79.9. The number of halogens is 4. The Hall–Kier alpha value is -1.76. The van der Waals surface area contributed by atoms with E-state index in [9.17, 15) is 18.0 Å². The topological polar surface area (TPSA) is 35.5 Å². The Labute approximate surface area is 128 Å². The van der Waals surface area contributed by atoms with Crippen LogP contribution in [0.25, 0.3) is 4.48 Å². The van der Waals surface area contributed by atoms with Crippen molar-refractivity contribution in [3.8, 4) is 5.75 Å². The Balaban J connectivity index is 2.70. The largest absolute Gasteiger partial charge is 0.573 e. The maximum Gasteiger partial charge on any atom is 0.573 e. The minimum absolute atomic E-state index is 0.286. The molecule has 1 aromatic carbocycles. The van der Waals surface area contributed by atoms with E-state index in [2.05, 4.69) is 20.7 Å². The normalized spacial score (nSPS) is 12.5. The second kappa shape index (κ2) is 7.87. The summed E-state index contributed by atoms with van der Waals surface area (Å²) >= 11 is 3.26. The van der Waals surface area contributed by atoms with E-state index in [-0.39, 0.29) is 12.4 Å². The molecule has 0 unspecified atom stereocenters. The first-order chi connectivity index (χ1) is 9.81. The van der Waals surface area contributed by atoms with Crippen molar-refractivity contribution < 1.29 is 27.4 Å². The van der Waals surface area contributed by atoms with Gasteiger partial charge in [0.25, 0.3) is 0 Å². The lowest BCUT2D eigenvalue weighted by atomic mass is 10.2. The highest BCUT2D eigenvalue weighted by Crippen LogP contribution is 2.26. The van der Waals surface area contributed by atoms with Gasteiger partial charge in [-0.1, -0.05) is 34.1 Å². The van der Waals surface area contributed by atoms with Crippen LogP contribution >= 0.6 is 15.9 Å². The van der Waals surface area contributed by atoms with Gasteiger partial charge in [-0.15, -0.1) is 13.2 Å². The van der Waals surface area contributed by atoms with Gasteiger partial charge < -0.3 is 9.47 Å². The van der Waals surface area contributed by atoms with E-state index in [0.29, 0.717) is 10.0 Å². The average Bonchev–Trinajstić information content (AvgIpc) is 2.38. The van der Waals surface area contributed by atoms with Crippen LogP contribution in [0.5, 0.6) is 5.75 Å². The summed E-state index contributed by atoms with van der Waals surface area (Å²) in [6.45, 7) is 1.98. The Kier molecular flexibility index (Phi) is 6.48. The van der Waals surface area contributed by atoms with Crippen molar-refractivity contribution in [3.63, 3.8) is 0 Å². The third kappa shape index (κ3) is 6.99. The number of benzene rings is 1. The van der Waals surface area contributed by atoms with E-state index in [1.807, 2.05) is 0 Å². The molecule has 0 saturated carbocycles. The fourth-order valence-electron chi connectivity index (χ4n) is 1.31. The molecule has 0 aliphatic carbocycles. The lowest BCUT2D eigenvalue weighted by Gasteiger charge is -2.08. The lowest BCUT2D eigenvalue weighted by molar-refractivity contribution is -0.274.